The molecule has 1 aliphatic rings. The highest BCUT2D eigenvalue weighted by molar-refractivity contribution is 9.10. The molecule has 0 N–H and O–H groups in total. The monoisotopic (exact) mass is 264 g/mol. The third kappa shape index (κ3) is 1.95. The maximum absolute atomic E-state index is 12.2. The minimum atomic E-state index is -4.03. The molecular formula is C10H8BrF3. The Morgan fingerprint density at radius 2 is 1.71 bits per heavy atom. The summed E-state index contributed by atoms with van der Waals surface area (Å²) in [6, 6.07) is 7.06. The van der Waals surface area contributed by atoms with Gasteiger partial charge in [-0.25, -0.2) is 0 Å². The fourth-order valence-corrected chi connectivity index (χ4v) is 1.90. The van der Waals surface area contributed by atoms with Gasteiger partial charge in [-0.05, 0) is 30.0 Å². The third-order valence-corrected chi connectivity index (χ3v) is 3.04. The Morgan fingerprint density at radius 1 is 1.14 bits per heavy atom. The van der Waals surface area contributed by atoms with Gasteiger partial charge in [0.15, 0.2) is 0 Å². The van der Waals surface area contributed by atoms with Crippen LogP contribution < -0.4 is 0 Å². The minimum Gasteiger partial charge on any atom is -0.171 e. The van der Waals surface area contributed by atoms with Gasteiger partial charge in [0.25, 0.3) is 0 Å². The Morgan fingerprint density at radius 3 is 2.14 bits per heavy atom. The van der Waals surface area contributed by atoms with Crippen LogP contribution in [0.1, 0.15) is 17.9 Å². The van der Waals surface area contributed by atoms with Crippen molar-refractivity contribution >= 4 is 15.9 Å². The Hall–Kier alpha value is -0.510. The Balaban J connectivity index is 2.10. The zero-order valence-electron chi connectivity index (χ0n) is 7.18. The van der Waals surface area contributed by atoms with E-state index in [9.17, 15) is 13.2 Å². The fourth-order valence-electron chi connectivity index (χ4n) is 1.64. The summed E-state index contributed by atoms with van der Waals surface area (Å²) in [6.07, 6.45) is -3.79. The number of alkyl halides is 3. The van der Waals surface area contributed by atoms with Crippen molar-refractivity contribution in [2.45, 2.75) is 18.5 Å². The summed E-state index contributed by atoms with van der Waals surface area (Å²) < 4.78 is 37.6. The van der Waals surface area contributed by atoms with Crippen LogP contribution in [-0.2, 0) is 0 Å². The van der Waals surface area contributed by atoms with E-state index in [4.69, 9.17) is 0 Å². The molecule has 0 saturated heterocycles. The topological polar surface area (TPSA) is 0 Å². The molecule has 2 atom stereocenters. The highest BCUT2D eigenvalue weighted by atomic mass is 79.9. The molecule has 0 unspecified atom stereocenters. The fraction of sp³-hybridized carbons (Fsp3) is 0.400. The maximum Gasteiger partial charge on any atom is 0.392 e. The van der Waals surface area contributed by atoms with Crippen LogP contribution >= 0.6 is 15.9 Å². The van der Waals surface area contributed by atoms with E-state index >= 15 is 0 Å². The van der Waals surface area contributed by atoms with E-state index < -0.39 is 12.1 Å². The van der Waals surface area contributed by atoms with Crippen LogP contribution in [0.4, 0.5) is 13.2 Å². The first kappa shape index (κ1) is 10.0. The van der Waals surface area contributed by atoms with Gasteiger partial charge in [-0.15, -0.1) is 0 Å². The highest BCUT2D eigenvalue weighted by Gasteiger charge is 2.55. The zero-order chi connectivity index (χ0) is 10.3. The Kier molecular flexibility index (Phi) is 2.33. The Bertz CT molecular complexity index is 328. The zero-order valence-corrected chi connectivity index (χ0v) is 8.77. The average Bonchev–Trinajstić information content (AvgIpc) is 2.83. The van der Waals surface area contributed by atoms with Crippen molar-refractivity contribution in [3.8, 4) is 0 Å². The van der Waals surface area contributed by atoms with E-state index in [1.165, 1.54) is 0 Å². The van der Waals surface area contributed by atoms with E-state index in [0.717, 1.165) is 10.0 Å². The lowest BCUT2D eigenvalue weighted by Gasteiger charge is -2.05. The van der Waals surface area contributed by atoms with Gasteiger partial charge in [-0.1, -0.05) is 28.1 Å². The second-order valence-corrected chi connectivity index (χ2v) is 4.46. The second kappa shape index (κ2) is 3.26. The lowest BCUT2D eigenvalue weighted by molar-refractivity contribution is -0.148. The lowest BCUT2D eigenvalue weighted by Crippen LogP contribution is -2.11. The number of hydrogen-bond acceptors (Lipinski definition) is 0. The van der Waals surface area contributed by atoms with Crippen molar-refractivity contribution in [1.82, 2.24) is 0 Å². The molecule has 1 aromatic rings. The van der Waals surface area contributed by atoms with Gasteiger partial charge < -0.3 is 0 Å². The van der Waals surface area contributed by atoms with E-state index in [1.54, 1.807) is 24.3 Å². The smallest absolute Gasteiger partial charge is 0.171 e. The molecule has 2 rings (SSSR count). The average molecular weight is 265 g/mol. The molecule has 4 heteroatoms. The SMILES string of the molecule is FC(F)(F)[C@H]1C[C@H]1c1ccc(Br)cc1. The van der Waals surface area contributed by atoms with Gasteiger partial charge in [0, 0.05) is 4.47 Å². The van der Waals surface area contributed by atoms with Crippen LogP contribution in [-0.4, -0.2) is 6.18 Å². The molecule has 0 heterocycles. The van der Waals surface area contributed by atoms with E-state index in [2.05, 4.69) is 15.9 Å². The highest BCUT2D eigenvalue weighted by Crippen LogP contribution is 2.56. The van der Waals surface area contributed by atoms with E-state index in [-0.39, 0.29) is 12.3 Å². The number of hydrogen-bond donors (Lipinski definition) is 0. The molecule has 1 aromatic carbocycles. The summed E-state index contributed by atoms with van der Waals surface area (Å²) in [5.74, 6) is -1.44. The molecule has 14 heavy (non-hydrogen) atoms. The summed E-state index contributed by atoms with van der Waals surface area (Å²) in [6.45, 7) is 0. The summed E-state index contributed by atoms with van der Waals surface area (Å²) in [7, 11) is 0. The van der Waals surface area contributed by atoms with Gasteiger partial charge in [-0.3, -0.25) is 0 Å². The van der Waals surface area contributed by atoms with Crippen molar-refractivity contribution in [3.05, 3.63) is 34.3 Å². The molecule has 0 aromatic heterocycles. The molecule has 76 valence electrons. The van der Waals surface area contributed by atoms with Gasteiger partial charge in [-0.2, -0.15) is 13.2 Å². The summed E-state index contributed by atoms with van der Waals surface area (Å²) in [5.41, 5.74) is 0.788. The molecule has 1 fully saturated rings. The molecule has 0 radical (unpaired) electrons. The molecule has 0 aliphatic heterocycles. The predicted molar refractivity (Wildman–Crippen MR) is 51.0 cm³/mol. The van der Waals surface area contributed by atoms with Crippen molar-refractivity contribution in [2.24, 2.45) is 5.92 Å². The van der Waals surface area contributed by atoms with Crippen LogP contribution in [0.5, 0.6) is 0 Å². The minimum absolute atomic E-state index is 0.241. The lowest BCUT2D eigenvalue weighted by atomic mass is 10.1. The largest absolute Gasteiger partial charge is 0.392 e. The summed E-state index contributed by atoms with van der Waals surface area (Å²) in [5, 5.41) is 0. The molecule has 0 spiro atoms. The first-order valence-corrected chi connectivity index (χ1v) is 5.10. The quantitative estimate of drug-likeness (QED) is 0.716. The molecular weight excluding hydrogens is 257 g/mol. The van der Waals surface area contributed by atoms with Gasteiger partial charge in [0.1, 0.15) is 0 Å². The van der Waals surface area contributed by atoms with Crippen LogP contribution in [0, 0.1) is 5.92 Å². The maximum atomic E-state index is 12.2. The van der Waals surface area contributed by atoms with Crippen LogP contribution in [0.3, 0.4) is 0 Å². The predicted octanol–water partition coefficient (Wildman–Crippen LogP) is 4.11. The molecule has 0 amide bonds. The Labute approximate surface area is 88.2 Å². The van der Waals surface area contributed by atoms with Crippen LogP contribution in [0.25, 0.3) is 0 Å². The van der Waals surface area contributed by atoms with Gasteiger partial charge in [0.05, 0.1) is 5.92 Å². The molecule has 0 nitrogen and oxygen atoms in total. The summed E-state index contributed by atoms with van der Waals surface area (Å²) >= 11 is 3.25. The number of halogens is 4. The van der Waals surface area contributed by atoms with Crippen LogP contribution in [0.15, 0.2) is 28.7 Å². The summed E-state index contributed by atoms with van der Waals surface area (Å²) in [4.78, 5) is 0. The number of rotatable bonds is 1. The first-order chi connectivity index (χ1) is 6.48. The van der Waals surface area contributed by atoms with Gasteiger partial charge in [0.2, 0.25) is 0 Å². The first-order valence-electron chi connectivity index (χ1n) is 4.30. The van der Waals surface area contributed by atoms with Gasteiger partial charge >= 0.3 is 6.18 Å². The van der Waals surface area contributed by atoms with Crippen molar-refractivity contribution in [1.29, 1.82) is 0 Å². The standard InChI is InChI=1S/C10H8BrF3/c11-7-3-1-6(2-4-7)8-5-9(8)10(12,13)14/h1-4,8-9H,5H2/t8-,9-/m0/s1. The molecule has 0 bridgehead atoms. The molecule has 1 aliphatic carbocycles. The number of benzene rings is 1. The van der Waals surface area contributed by atoms with E-state index in [1.807, 2.05) is 0 Å². The van der Waals surface area contributed by atoms with E-state index in [0.29, 0.717) is 0 Å². The van der Waals surface area contributed by atoms with Crippen molar-refractivity contribution in [3.63, 3.8) is 0 Å². The second-order valence-electron chi connectivity index (χ2n) is 3.54. The third-order valence-electron chi connectivity index (χ3n) is 2.51. The van der Waals surface area contributed by atoms with Crippen molar-refractivity contribution in [2.75, 3.05) is 0 Å². The van der Waals surface area contributed by atoms with Crippen molar-refractivity contribution < 1.29 is 13.2 Å². The van der Waals surface area contributed by atoms with Crippen LogP contribution in [0.2, 0.25) is 0 Å². The normalized spacial score (nSPS) is 26.3. The molecule has 1 saturated carbocycles.